The van der Waals surface area contributed by atoms with Gasteiger partial charge in [0.15, 0.2) is 0 Å². The molecule has 1 aromatic rings. The normalized spacial score (nSPS) is 24.5. The monoisotopic (exact) mass is 224 g/mol. The van der Waals surface area contributed by atoms with Gasteiger partial charge in [-0.1, -0.05) is 0 Å². The smallest absolute Gasteiger partial charge is 0.0950 e. The van der Waals surface area contributed by atoms with Crippen LogP contribution in [-0.2, 0) is 4.74 Å². The highest BCUT2D eigenvalue weighted by atomic mass is 16.5. The van der Waals surface area contributed by atoms with Crippen molar-refractivity contribution >= 4 is 0 Å². The first-order valence-electron chi connectivity index (χ1n) is 5.84. The predicted molar refractivity (Wildman–Crippen MR) is 62.1 cm³/mol. The molecule has 2 atom stereocenters. The average molecular weight is 224 g/mol. The summed E-state index contributed by atoms with van der Waals surface area (Å²) in [4.78, 5) is 2.39. The van der Waals surface area contributed by atoms with Gasteiger partial charge in [-0.25, -0.2) is 0 Å². The molecular formula is C12H20N2O2. The minimum absolute atomic E-state index is 0.261. The summed E-state index contributed by atoms with van der Waals surface area (Å²) in [6.45, 7) is 2.67. The summed E-state index contributed by atoms with van der Waals surface area (Å²) >= 11 is 0. The number of hydrogen-bond donors (Lipinski definition) is 1. The minimum atomic E-state index is 0.261. The van der Waals surface area contributed by atoms with Crippen LogP contribution >= 0.6 is 0 Å². The van der Waals surface area contributed by atoms with E-state index in [0.717, 1.165) is 19.5 Å². The molecule has 2 N–H and O–H groups in total. The molecule has 4 nitrogen and oxygen atoms in total. The summed E-state index contributed by atoms with van der Waals surface area (Å²) in [6, 6.07) is 2.25. The van der Waals surface area contributed by atoms with Crippen LogP contribution < -0.4 is 5.73 Å². The highest BCUT2D eigenvalue weighted by Crippen LogP contribution is 2.24. The number of hydrogen-bond acceptors (Lipinski definition) is 4. The Hall–Kier alpha value is -0.840. The maximum Gasteiger partial charge on any atom is 0.0950 e. The summed E-state index contributed by atoms with van der Waals surface area (Å²) in [5, 5.41) is 0. The Labute approximate surface area is 96.4 Å². The van der Waals surface area contributed by atoms with E-state index < -0.39 is 0 Å². The van der Waals surface area contributed by atoms with E-state index in [1.165, 1.54) is 12.0 Å². The molecule has 0 saturated carbocycles. The zero-order valence-electron chi connectivity index (χ0n) is 9.76. The molecule has 0 aliphatic carbocycles. The van der Waals surface area contributed by atoms with E-state index in [-0.39, 0.29) is 6.04 Å². The Morgan fingerprint density at radius 1 is 1.69 bits per heavy atom. The molecule has 1 aliphatic heterocycles. The second-order valence-electron chi connectivity index (χ2n) is 4.30. The molecule has 1 aliphatic rings. The van der Waals surface area contributed by atoms with Gasteiger partial charge in [-0.2, -0.15) is 0 Å². The van der Waals surface area contributed by atoms with Crippen LogP contribution in [0.2, 0.25) is 0 Å². The second kappa shape index (κ2) is 5.48. The van der Waals surface area contributed by atoms with Crippen LogP contribution in [0.5, 0.6) is 0 Å². The fourth-order valence-electron chi connectivity index (χ4n) is 2.40. The number of methoxy groups -OCH3 is 1. The third-order valence-electron chi connectivity index (χ3n) is 3.33. The Kier molecular flexibility index (Phi) is 3.98. The standard InChI is InChI=1S/C12H20N2O2/c1-15-11-3-2-5-14(8-11)12(7-13)10-4-6-16-9-10/h4,6,9,11-12H,2-3,5,7-8,13H2,1H3. The molecular weight excluding hydrogens is 204 g/mol. The minimum Gasteiger partial charge on any atom is -0.472 e. The zero-order valence-corrected chi connectivity index (χ0v) is 9.76. The molecule has 90 valence electrons. The Balaban J connectivity index is 2.03. The average Bonchev–Trinajstić information content (AvgIpc) is 2.84. The maximum absolute atomic E-state index is 5.86. The molecule has 2 rings (SSSR count). The van der Waals surface area contributed by atoms with Gasteiger partial charge in [0.1, 0.15) is 0 Å². The lowest BCUT2D eigenvalue weighted by atomic mass is 10.0. The summed E-state index contributed by atoms with van der Waals surface area (Å²) in [5.41, 5.74) is 7.02. The number of ether oxygens (including phenoxy) is 1. The molecule has 0 bridgehead atoms. The van der Waals surface area contributed by atoms with E-state index in [4.69, 9.17) is 14.9 Å². The number of nitrogens with zero attached hydrogens (tertiary/aromatic N) is 1. The summed E-state index contributed by atoms with van der Waals surface area (Å²) in [7, 11) is 1.78. The molecule has 2 heterocycles. The van der Waals surface area contributed by atoms with Crippen molar-refractivity contribution in [3.63, 3.8) is 0 Å². The van der Waals surface area contributed by atoms with Crippen LogP contribution in [-0.4, -0.2) is 37.7 Å². The summed E-state index contributed by atoms with van der Waals surface area (Å²) < 4.78 is 10.6. The van der Waals surface area contributed by atoms with E-state index >= 15 is 0 Å². The van der Waals surface area contributed by atoms with Crippen LogP contribution in [0.25, 0.3) is 0 Å². The largest absolute Gasteiger partial charge is 0.472 e. The Bertz CT molecular complexity index is 300. The van der Waals surface area contributed by atoms with Crippen molar-refractivity contribution in [3.05, 3.63) is 24.2 Å². The first kappa shape index (κ1) is 11.6. The first-order valence-corrected chi connectivity index (χ1v) is 5.84. The zero-order chi connectivity index (χ0) is 11.4. The maximum atomic E-state index is 5.86. The van der Waals surface area contributed by atoms with Crippen molar-refractivity contribution in [1.82, 2.24) is 4.90 Å². The van der Waals surface area contributed by atoms with E-state index in [0.29, 0.717) is 12.6 Å². The predicted octanol–water partition coefficient (Wildman–Crippen LogP) is 1.39. The molecule has 1 saturated heterocycles. The first-order chi connectivity index (χ1) is 7.85. The number of likely N-dealkylation sites (tertiary alicyclic amines) is 1. The van der Waals surface area contributed by atoms with E-state index in [9.17, 15) is 0 Å². The van der Waals surface area contributed by atoms with E-state index in [2.05, 4.69) is 4.90 Å². The van der Waals surface area contributed by atoms with E-state index in [1.807, 2.05) is 6.07 Å². The molecule has 0 spiro atoms. The Morgan fingerprint density at radius 2 is 2.56 bits per heavy atom. The van der Waals surface area contributed by atoms with Crippen molar-refractivity contribution in [2.45, 2.75) is 25.0 Å². The lowest BCUT2D eigenvalue weighted by Gasteiger charge is -2.36. The summed E-state index contributed by atoms with van der Waals surface area (Å²) in [6.07, 6.45) is 6.15. The third kappa shape index (κ3) is 2.45. The van der Waals surface area contributed by atoms with Crippen LogP contribution in [0.3, 0.4) is 0 Å². The second-order valence-corrected chi connectivity index (χ2v) is 4.30. The summed E-state index contributed by atoms with van der Waals surface area (Å²) in [5.74, 6) is 0. The number of nitrogens with two attached hydrogens (primary N) is 1. The van der Waals surface area contributed by atoms with Crippen LogP contribution in [0.15, 0.2) is 23.0 Å². The molecule has 0 aromatic carbocycles. The fourth-order valence-corrected chi connectivity index (χ4v) is 2.40. The number of rotatable bonds is 4. The van der Waals surface area contributed by atoms with Gasteiger partial charge in [0.2, 0.25) is 0 Å². The van der Waals surface area contributed by atoms with Crippen LogP contribution in [0.1, 0.15) is 24.4 Å². The topological polar surface area (TPSA) is 51.6 Å². The third-order valence-corrected chi connectivity index (χ3v) is 3.33. The lowest BCUT2D eigenvalue weighted by Crippen LogP contribution is -2.43. The lowest BCUT2D eigenvalue weighted by molar-refractivity contribution is 0.0154. The van der Waals surface area contributed by atoms with Gasteiger partial charge in [-0.05, 0) is 25.5 Å². The number of piperidine rings is 1. The van der Waals surface area contributed by atoms with Crippen molar-refractivity contribution in [1.29, 1.82) is 0 Å². The SMILES string of the molecule is COC1CCCN(C(CN)c2ccoc2)C1. The highest BCUT2D eigenvalue weighted by Gasteiger charge is 2.26. The van der Waals surface area contributed by atoms with E-state index in [1.54, 1.807) is 19.6 Å². The van der Waals surface area contributed by atoms with Crippen molar-refractivity contribution in [2.75, 3.05) is 26.7 Å². The van der Waals surface area contributed by atoms with Gasteiger partial charge < -0.3 is 14.9 Å². The molecule has 16 heavy (non-hydrogen) atoms. The van der Waals surface area contributed by atoms with Crippen molar-refractivity contribution < 1.29 is 9.15 Å². The Morgan fingerprint density at radius 3 is 3.19 bits per heavy atom. The molecule has 0 radical (unpaired) electrons. The quantitative estimate of drug-likeness (QED) is 0.839. The van der Waals surface area contributed by atoms with Gasteiger partial charge in [-0.3, -0.25) is 4.90 Å². The molecule has 4 heteroatoms. The van der Waals surface area contributed by atoms with Crippen molar-refractivity contribution in [3.8, 4) is 0 Å². The molecule has 1 fully saturated rings. The van der Waals surface area contributed by atoms with Crippen LogP contribution in [0.4, 0.5) is 0 Å². The van der Waals surface area contributed by atoms with Gasteiger partial charge >= 0.3 is 0 Å². The highest BCUT2D eigenvalue weighted by molar-refractivity contribution is 5.12. The van der Waals surface area contributed by atoms with Gasteiger partial charge in [-0.15, -0.1) is 0 Å². The van der Waals surface area contributed by atoms with Crippen molar-refractivity contribution in [2.24, 2.45) is 5.73 Å². The molecule has 1 aromatic heterocycles. The van der Waals surface area contributed by atoms with Gasteiger partial charge in [0, 0.05) is 25.8 Å². The fraction of sp³-hybridized carbons (Fsp3) is 0.667. The van der Waals surface area contributed by atoms with Gasteiger partial charge in [0.25, 0.3) is 0 Å². The number of furan rings is 1. The molecule has 0 amide bonds. The van der Waals surface area contributed by atoms with Gasteiger partial charge in [0.05, 0.1) is 24.7 Å². The molecule has 2 unspecified atom stereocenters. The van der Waals surface area contributed by atoms with Crippen LogP contribution in [0, 0.1) is 0 Å².